The normalized spacial score (nSPS) is 9.87. The molecule has 1 aromatic rings. The molecule has 0 aromatic carbocycles. The molecule has 82 valence electrons. The van der Waals surface area contributed by atoms with E-state index in [0.29, 0.717) is 5.56 Å². The Bertz CT molecular complexity index is 374. The van der Waals surface area contributed by atoms with Crippen LogP contribution in [0.5, 0.6) is 0 Å². The third-order valence-corrected chi connectivity index (χ3v) is 2.29. The van der Waals surface area contributed by atoms with E-state index in [1.807, 2.05) is 20.9 Å². The number of nitrogens with zero attached hydrogens (tertiary/aromatic N) is 1. The van der Waals surface area contributed by atoms with Crippen LogP contribution in [0.1, 0.15) is 29.8 Å². The van der Waals surface area contributed by atoms with Crippen LogP contribution in [0.4, 0.5) is 11.5 Å². The van der Waals surface area contributed by atoms with E-state index in [1.165, 1.54) is 0 Å². The summed E-state index contributed by atoms with van der Waals surface area (Å²) < 4.78 is 0. The van der Waals surface area contributed by atoms with Gasteiger partial charge in [0.1, 0.15) is 5.82 Å². The molecule has 0 unspecified atom stereocenters. The van der Waals surface area contributed by atoms with Gasteiger partial charge in [0, 0.05) is 25.4 Å². The zero-order chi connectivity index (χ0) is 11.4. The summed E-state index contributed by atoms with van der Waals surface area (Å²) in [6, 6.07) is 0. The molecule has 0 fully saturated rings. The van der Waals surface area contributed by atoms with E-state index >= 15 is 0 Å². The Morgan fingerprint density at radius 2 is 2.20 bits per heavy atom. The minimum absolute atomic E-state index is 0.0317. The summed E-state index contributed by atoms with van der Waals surface area (Å²) in [4.78, 5) is 15.6. The molecule has 0 spiro atoms. The zero-order valence-electron chi connectivity index (χ0n) is 9.64. The molecule has 0 amide bonds. The molecule has 0 radical (unpaired) electrons. The maximum atomic E-state index is 11.4. The van der Waals surface area contributed by atoms with Crippen molar-refractivity contribution in [2.24, 2.45) is 0 Å². The van der Waals surface area contributed by atoms with E-state index in [0.717, 1.165) is 23.6 Å². The van der Waals surface area contributed by atoms with Gasteiger partial charge in [-0.25, -0.2) is 4.98 Å². The van der Waals surface area contributed by atoms with Gasteiger partial charge < -0.3 is 10.6 Å². The lowest BCUT2D eigenvalue weighted by molar-refractivity contribution is 0.101. The van der Waals surface area contributed by atoms with E-state index in [4.69, 9.17) is 0 Å². The second-order valence-electron chi connectivity index (χ2n) is 3.36. The highest BCUT2D eigenvalue weighted by Crippen LogP contribution is 2.25. The van der Waals surface area contributed by atoms with E-state index in [1.54, 1.807) is 13.1 Å². The van der Waals surface area contributed by atoms with Gasteiger partial charge in [-0.15, -0.1) is 0 Å². The number of carbonyl (C=O) groups excluding carboxylic acids is 1. The molecule has 0 saturated carbocycles. The number of Topliss-reactive ketones (excluding diaryl/α,β-unsaturated/α-hetero) is 1. The molecule has 2 N–H and O–H groups in total. The topological polar surface area (TPSA) is 54.0 Å². The standard InChI is InChI=1S/C11H17N3O/c1-5-13-10-7(2)11(12-4)14-6-9(10)8(3)15/h6H,5H2,1-4H3,(H2,12,13,14). The largest absolute Gasteiger partial charge is 0.384 e. The smallest absolute Gasteiger partial charge is 0.163 e. The van der Waals surface area contributed by atoms with Gasteiger partial charge in [0.15, 0.2) is 5.78 Å². The van der Waals surface area contributed by atoms with Gasteiger partial charge in [-0.3, -0.25) is 4.79 Å². The van der Waals surface area contributed by atoms with Gasteiger partial charge in [0.2, 0.25) is 0 Å². The summed E-state index contributed by atoms with van der Waals surface area (Å²) in [6.07, 6.45) is 1.61. The predicted octanol–water partition coefficient (Wildman–Crippen LogP) is 2.07. The average molecular weight is 207 g/mol. The van der Waals surface area contributed by atoms with Gasteiger partial charge in [0.25, 0.3) is 0 Å². The average Bonchev–Trinajstić information content (AvgIpc) is 2.20. The number of anilines is 2. The molecule has 1 heterocycles. The van der Waals surface area contributed by atoms with Crippen molar-refractivity contribution in [1.82, 2.24) is 4.98 Å². The third-order valence-electron chi connectivity index (χ3n) is 2.29. The second-order valence-corrected chi connectivity index (χ2v) is 3.36. The summed E-state index contributed by atoms with van der Waals surface area (Å²) in [5.41, 5.74) is 2.50. The van der Waals surface area contributed by atoms with E-state index < -0.39 is 0 Å². The molecule has 0 aliphatic carbocycles. The lowest BCUT2D eigenvalue weighted by Gasteiger charge is -2.14. The van der Waals surface area contributed by atoms with Crippen molar-refractivity contribution in [2.45, 2.75) is 20.8 Å². The van der Waals surface area contributed by atoms with Crippen molar-refractivity contribution >= 4 is 17.3 Å². The van der Waals surface area contributed by atoms with E-state index in [2.05, 4.69) is 15.6 Å². The summed E-state index contributed by atoms with van der Waals surface area (Å²) in [5.74, 6) is 0.833. The monoisotopic (exact) mass is 207 g/mol. The first-order chi connectivity index (χ1) is 7.11. The van der Waals surface area contributed by atoms with Crippen molar-refractivity contribution in [1.29, 1.82) is 0 Å². The molecular weight excluding hydrogens is 190 g/mol. The number of hydrogen-bond donors (Lipinski definition) is 2. The number of rotatable bonds is 4. The fraction of sp³-hybridized carbons (Fsp3) is 0.455. The summed E-state index contributed by atoms with van der Waals surface area (Å²) in [5, 5.41) is 6.20. The van der Waals surface area contributed by atoms with Crippen LogP contribution in [0.25, 0.3) is 0 Å². The van der Waals surface area contributed by atoms with Crippen molar-refractivity contribution in [2.75, 3.05) is 24.2 Å². The number of hydrogen-bond acceptors (Lipinski definition) is 4. The summed E-state index contributed by atoms with van der Waals surface area (Å²) in [7, 11) is 1.82. The molecule has 4 heteroatoms. The molecule has 0 atom stereocenters. The first-order valence-corrected chi connectivity index (χ1v) is 5.04. The van der Waals surface area contributed by atoms with E-state index in [9.17, 15) is 4.79 Å². The minimum atomic E-state index is 0.0317. The van der Waals surface area contributed by atoms with Crippen LogP contribution in [-0.2, 0) is 0 Å². The highest BCUT2D eigenvalue weighted by atomic mass is 16.1. The Morgan fingerprint density at radius 3 is 2.67 bits per heavy atom. The number of nitrogens with one attached hydrogen (secondary N) is 2. The number of ketones is 1. The van der Waals surface area contributed by atoms with Crippen LogP contribution in [0.3, 0.4) is 0 Å². The van der Waals surface area contributed by atoms with Crippen LogP contribution in [-0.4, -0.2) is 24.4 Å². The molecule has 0 aliphatic heterocycles. The van der Waals surface area contributed by atoms with Crippen LogP contribution in [0.15, 0.2) is 6.20 Å². The molecule has 4 nitrogen and oxygen atoms in total. The maximum Gasteiger partial charge on any atom is 0.163 e. The van der Waals surface area contributed by atoms with Crippen LogP contribution in [0, 0.1) is 6.92 Å². The summed E-state index contributed by atoms with van der Waals surface area (Å²) in [6.45, 7) is 6.29. The molecule has 0 bridgehead atoms. The lowest BCUT2D eigenvalue weighted by atomic mass is 10.1. The number of pyridine rings is 1. The summed E-state index contributed by atoms with van der Waals surface area (Å²) >= 11 is 0. The van der Waals surface area contributed by atoms with Gasteiger partial charge >= 0.3 is 0 Å². The lowest BCUT2D eigenvalue weighted by Crippen LogP contribution is -2.09. The molecular formula is C11H17N3O. The Morgan fingerprint density at radius 1 is 1.53 bits per heavy atom. The first kappa shape index (κ1) is 11.5. The molecule has 1 aromatic heterocycles. The van der Waals surface area contributed by atoms with Gasteiger partial charge in [-0.05, 0) is 20.8 Å². The Labute approximate surface area is 90.1 Å². The Hall–Kier alpha value is -1.58. The molecule has 0 saturated heterocycles. The Kier molecular flexibility index (Phi) is 3.66. The van der Waals surface area contributed by atoms with Gasteiger partial charge in [0.05, 0.1) is 11.3 Å². The van der Waals surface area contributed by atoms with Crippen molar-refractivity contribution in [3.8, 4) is 0 Å². The second kappa shape index (κ2) is 4.77. The zero-order valence-corrected chi connectivity index (χ0v) is 9.64. The molecule has 15 heavy (non-hydrogen) atoms. The van der Waals surface area contributed by atoms with Gasteiger partial charge in [-0.2, -0.15) is 0 Å². The fourth-order valence-electron chi connectivity index (χ4n) is 1.53. The van der Waals surface area contributed by atoms with Crippen molar-refractivity contribution in [3.05, 3.63) is 17.3 Å². The van der Waals surface area contributed by atoms with Crippen LogP contribution >= 0.6 is 0 Å². The molecule has 1 rings (SSSR count). The minimum Gasteiger partial charge on any atom is -0.384 e. The first-order valence-electron chi connectivity index (χ1n) is 5.04. The quantitative estimate of drug-likeness (QED) is 0.742. The van der Waals surface area contributed by atoms with Crippen molar-refractivity contribution in [3.63, 3.8) is 0 Å². The van der Waals surface area contributed by atoms with Crippen LogP contribution < -0.4 is 10.6 Å². The fourth-order valence-corrected chi connectivity index (χ4v) is 1.53. The van der Waals surface area contributed by atoms with Gasteiger partial charge in [-0.1, -0.05) is 0 Å². The Balaban J connectivity index is 3.30. The number of carbonyl (C=O) groups is 1. The van der Waals surface area contributed by atoms with Crippen LogP contribution in [0.2, 0.25) is 0 Å². The highest BCUT2D eigenvalue weighted by Gasteiger charge is 2.12. The third kappa shape index (κ3) is 2.26. The number of aromatic nitrogens is 1. The van der Waals surface area contributed by atoms with Crippen molar-refractivity contribution < 1.29 is 4.79 Å². The SMILES string of the molecule is CCNc1c(C(C)=O)cnc(NC)c1C. The van der Waals surface area contributed by atoms with E-state index in [-0.39, 0.29) is 5.78 Å². The highest BCUT2D eigenvalue weighted by molar-refractivity contribution is 6.00. The predicted molar refractivity (Wildman–Crippen MR) is 62.7 cm³/mol. The molecule has 0 aliphatic rings. The maximum absolute atomic E-state index is 11.4.